The van der Waals surface area contributed by atoms with Gasteiger partial charge in [0, 0.05) is 11.6 Å². The highest BCUT2D eigenvalue weighted by molar-refractivity contribution is 5.87. The van der Waals surface area contributed by atoms with Gasteiger partial charge in [-0.05, 0) is 30.7 Å². The second-order valence-corrected chi connectivity index (χ2v) is 3.12. The van der Waals surface area contributed by atoms with Gasteiger partial charge in [-0.1, -0.05) is 24.3 Å². The first-order valence-corrected chi connectivity index (χ1v) is 4.29. The summed E-state index contributed by atoms with van der Waals surface area (Å²) in [6.45, 7) is 5.87. The number of hydrogen-bond acceptors (Lipinski definition) is 1. The molecule has 0 bridgehead atoms. The van der Waals surface area contributed by atoms with Gasteiger partial charge in [0.25, 0.3) is 0 Å². The zero-order valence-corrected chi connectivity index (χ0v) is 7.62. The molecule has 0 atom stereocenters. The second kappa shape index (κ2) is 3.02. The average Bonchev–Trinajstić information content (AvgIpc) is 2.17. The standard InChI is InChI=1S/C12H11N/c1-3-10-6-7-13-12-5-4-9(2)8-11(10)12/h3-8H,1H2,2H3. The van der Waals surface area contributed by atoms with Crippen molar-refractivity contribution in [2.45, 2.75) is 6.92 Å². The molecule has 13 heavy (non-hydrogen) atoms. The van der Waals surface area contributed by atoms with Crippen molar-refractivity contribution in [3.05, 3.63) is 48.2 Å². The van der Waals surface area contributed by atoms with Gasteiger partial charge in [-0.2, -0.15) is 0 Å². The van der Waals surface area contributed by atoms with Gasteiger partial charge in [-0.3, -0.25) is 4.98 Å². The topological polar surface area (TPSA) is 12.9 Å². The minimum absolute atomic E-state index is 1.03. The van der Waals surface area contributed by atoms with Crippen molar-refractivity contribution in [3.63, 3.8) is 0 Å². The van der Waals surface area contributed by atoms with Crippen LogP contribution in [0.2, 0.25) is 0 Å². The SMILES string of the molecule is C=Cc1ccnc2ccc(C)cc12. The molecule has 1 heteroatoms. The van der Waals surface area contributed by atoms with E-state index in [1.54, 1.807) is 0 Å². The summed E-state index contributed by atoms with van der Waals surface area (Å²) >= 11 is 0. The van der Waals surface area contributed by atoms with E-state index in [0.717, 1.165) is 11.1 Å². The van der Waals surface area contributed by atoms with E-state index in [2.05, 4.69) is 30.6 Å². The summed E-state index contributed by atoms with van der Waals surface area (Å²) < 4.78 is 0. The highest BCUT2D eigenvalue weighted by Crippen LogP contribution is 2.18. The van der Waals surface area contributed by atoms with Crippen LogP contribution in [0.4, 0.5) is 0 Å². The number of benzene rings is 1. The highest BCUT2D eigenvalue weighted by atomic mass is 14.6. The van der Waals surface area contributed by atoms with Crippen LogP contribution in [0.15, 0.2) is 37.0 Å². The van der Waals surface area contributed by atoms with E-state index in [-0.39, 0.29) is 0 Å². The molecule has 64 valence electrons. The van der Waals surface area contributed by atoms with E-state index < -0.39 is 0 Å². The Hall–Kier alpha value is -1.63. The van der Waals surface area contributed by atoms with Crippen LogP contribution < -0.4 is 0 Å². The van der Waals surface area contributed by atoms with Crippen molar-refractivity contribution in [1.29, 1.82) is 0 Å². The molecule has 2 rings (SSSR count). The summed E-state index contributed by atoms with van der Waals surface area (Å²) in [7, 11) is 0. The molecule has 0 unspecified atom stereocenters. The third-order valence-corrected chi connectivity index (χ3v) is 2.15. The zero-order chi connectivity index (χ0) is 9.26. The summed E-state index contributed by atoms with van der Waals surface area (Å²) in [5.41, 5.74) is 3.43. The molecule has 0 aliphatic heterocycles. The van der Waals surface area contributed by atoms with Crippen molar-refractivity contribution >= 4 is 17.0 Å². The predicted octanol–water partition coefficient (Wildman–Crippen LogP) is 3.19. The molecule has 1 aromatic carbocycles. The van der Waals surface area contributed by atoms with Gasteiger partial charge in [0.2, 0.25) is 0 Å². The molecule has 0 saturated heterocycles. The molecular weight excluding hydrogens is 158 g/mol. The Bertz CT molecular complexity index is 458. The number of nitrogens with zero attached hydrogens (tertiary/aromatic N) is 1. The first kappa shape index (κ1) is 7.99. The third kappa shape index (κ3) is 1.33. The first-order chi connectivity index (χ1) is 6.31. The maximum Gasteiger partial charge on any atom is 0.0708 e. The van der Waals surface area contributed by atoms with Gasteiger partial charge >= 0.3 is 0 Å². The summed E-state index contributed by atoms with van der Waals surface area (Å²) in [6, 6.07) is 8.23. The molecule has 2 aromatic rings. The number of fused-ring (bicyclic) bond motifs is 1. The Kier molecular flexibility index (Phi) is 1.85. The van der Waals surface area contributed by atoms with Gasteiger partial charge in [0.15, 0.2) is 0 Å². The van der Waals surface area contributed by atoms with Crippen molar-refractivity contribution < 1.29 is 0 Å². The summed E-state index contributed by atoms with van der Waals surface area (Å²) in [6.07, 6.45) is 3.68. The minimum atomic E-state index is 1.03. The second-order valence-electron chi connectivity index (χ2n) is 3.12. The largest absolute Gasteiger partial charge is 0.256 e. The van der Waals surface area contributed by atoms with Crippen LogP contribution >= 0.6 is 0 Å². The Morgan fingerprint density at radius 3 is 2.92 bits per heavy atom. The van der Waals surface area contributed by atoms with Crippen LogP contribution in [0.1, 0.15) is 11.1 Å². The lowest BCUT2D eigenvalue weighted by atomic mass is 10.1. The van der Waals surface area contributed by atoms with Crippen molar-refractivity contribution in [2.24, 2.45) is 0 Å². The van der Waals surface area contributed by atoms with E-state index in [4.69, 9.17) is 0 Å². The highest BCUT2D eigenvalue weighted by Gasteiger charge is 1.97. The number of aryl methyl sites for hydroxylation is 1. The van der Waals surface area contributed by atoms with Crippen LogP contribution in [-0.4, -0.2) is 4.98 Å². The van der Waals surface area contributed by atoms with Gasteiger partial charge in [0.05, 0.1) is 5.52 Å². The zero-order valence-electron chi connectivity index (χ0n) is 7.62. The molecular formula is C12H11N. The smallest absolute Gasteiger partial charge is 0.0708 e. The average molecular weight is 169 g/mol. The van der Waals surface area contributed by atoms with Crippen LogP contribution in [0.3, 0.4) is 0 Å². The number of pyridine rings is 1. The van der Waals surface area contributed by atoms with Crippen LogP contribution in [0.5, 0.6) is 0 Å². The maximum atomic E-state index is 4.28. The fourth-order valence-electron chi connectivity index (χ4n) is 1.46. The molecule has 1 aromatic heterocycles. The molecule has 1 heterocycles. The molecule has 0 fully saturated rings. The van der Waals surface area contributed by atoms with Gasteiger partial charge < -0.3 is 0 Å². The van der Waals surface area contributed by atoms with Crippen LogP contribution in [0.25, 0.3) is 17.0 Å². The lowest BCUT2D eigenvalue weighted by Gasteiger charge is -2.01. The molecule has 0 spiro atoms. The Balaban J connectivity index is 2.86. The normalized spacial score (nSPS) is 10.2. The van der Waals surface area contributed by atoms with Crippen LogP contribution in [0, 0.1) is 6.92 Å². The molecule has 0 N–H and O–H groups in total. The molecule has 0 aliphatic rings. The first-order valence-electron chi connectivity index (χ1n) is 4.29. The molecule has 0 radical (unpaired) electrons. The Morgan fingerprint density at radius 1 is 1.31 bits per heavy atom. The quantitative estimate of drug-likeness (QED) is 0.638. The monoisotopic (exact) mass is 169 g/mol. The van der Waals surface area contributed by atoms with Gasteiger partial charge in [-0.25, -0.2) is 0 Å². The van der Waals surface area contributed by atoms with E-state index in [1.807, 2.05) is 24.4 Å². The molecule has 0 saturated carbocycles. The number of aromatic nitrogens is 1. The lowest BCUT2D eigenvalue weighted by molar-refractivity contribution is 1.39. The summed E-state index contributed by atoms with van der Waals surface area (Å²) in [4.78, 5) is 4.28. The van der Waals surface area contributed by atoms with Crippen LogP contribution in [-0.2, 0) is 0 Å². The Morgan fingerprint density at radius 2 is 2.15 bits per heavy atom. The van der Waals surface area contributed by atoms with E-state index in [1.165, 1.54) is 10.9 Å². The molecule has 0 amide bonds. The fraction of sp³-hybridized carbons (Fsp3) is 0.0833. The fourth-order valence-corrected chi connectivity index (χ4v) is 1.46. The minimum Gasteiger partial charge on any atom is -0.256 e. The van der Waals surface area contributed by atoms with Crippen molar-refractivity contribution in [3.8, 4) is 0 Å². The number of hydrogen-bond donors (Lipinski definition) is 0. The lowest BCUT2D eigenvalue weighted by Crippen LogP contribution is -1.82. The third-order valence-electron chi connectivity index (χ3n) is 2.15. The number of rotatable bonds is 1. The van der Waals surface area contributed by atoms with Crippen molar-refractivity contribution in [1.82, 2.24) is 4.98 Å². The van der Waals surface area contributed by atoms with E-state index in [0.29, 0.717) is 0 Å². The van der Waals surface area contributed by atoms with Gasteiger partial charge in [-0.15, -0.1) is 0 Å². The summed E-state index contributed by atoms with van der Waals surface area (Å²) in [5, 5.41) is 1.18. The van der Waals surface area contributed by atoms with Gasteiger partial charge in [0.1, 0.15) is 0 Å². The van der Waals surface area contributed by atoms with E-state index >= 15 is 0 Å². The summed E-state index contributed by atoms with van der Waals surface area (Å²) in [5.74, 6) is 0. The predicted molar refractivity (Wildman–Crippen MR) is 56.6 cm³/mol. The Labute approximate surface area is 77.7 Å². The van der Waals surface area contributed by atoms with E-state index in [9.17, 15) is 0 Å². The van der Waals surface area contributed by atoms with Crippen molar-refractivity contribution in [2.75, 3.05) is 0 Å². The molecule has 1 nitrogen and oxygen atoms in total. The molecule has 0 aliphatic carbocycles. The maximum absolute atomic E-state index is 4.28.